The highest BCUT2D eigenvalue weighted by molar-refractivity contribution is 6.15. The van der Waals surface area contributed by atoms with Gasteiger partial charge in [-0.05, 0) is 13.8 Å². The molecule has 0 atom stereocenters. The van der Waals surface area contributed by atoms with Crippen LogP contribution in [-0.4, -0.2) is 25.0 Å². The second kappa shape index (κ2) is 4.66. The summed E-state index contributed by atoms with van der Waals surface area (Å²) in [5.74, 6) is 2.00. The van der Waals surface area contributed by atoms with Crippen LogP contribution >= 0.6 is 0 Å². The summed E-state index contributed by atoms with van der Waals surface area (Å²) in [6.07, 6.45) is 1.89. The SMILES string of the molecule is Cc1nn(C)c2c1C(c1ccccc1)=NCc1ncc(C)n1-2. The van der Waals surface area contributed by atoms with Gasteiger partial charge in [0.25, 0.3) is 0 Å². The first kappa shape index (κ1) is 13.0. The van der Waals surface area contributed by atoms with Crippen LogP contribution in [0.2, 0.25) is 0 Å². The number of hydrogen-bond acceptors (Lipinski definition) is 3. The lowest BCUT2D eigenvalue weighted by Crippen LogP contribution is -2.10. The fraction of sp³-hybridized carbons (Fsp3) is 0.235. The van der Waals surface area contributed by atoms with Crippen molar-refractivity contribution in [2.45, 2.75) is 20.4 Å². The van der Waals surface area contributed by atoms with E-state index < -0.39 is 0 Å². The summed E-state index contributed by atoms with van der Waals surface area (Å²) in [5, 5.41) is 4.62. The Morgan fingerprint density at radius 2 is 1.86 bits per heavy atom. The van der Waals surface area contributed by atoms with Crippen molar-refractivity contribution < 1.29 is 0 Å². The van der Waals surface area contributed by atoms with Crippen LogP contribution in [-0.2, 0) is 13.6 Å². The minimum Gasteiger partial charge on any atom is -0.283 e. The van der Waals surface area contributed by atoms with E-state index in [1.807, 2.05) is 43.0 Å². The highest BCUT2D eigenvalue weighted by Gasteiger charge is 2.26. The number of imidazole rings is 1. The summed E-state index contributed by atoms with van der Waals surface area (Å²) < 4.78 is 4.08. The molecule has 2 aromatic heterocycles. The first-order valence-corrected chi connectivity index (χ1v) is 7.34. The summed E-state index contributed by atoms with van der Waals surface area (Å²) >= 11 is 0. The molecule has 0 saturated heterocycles. The summed E-state index contributed by atoms with van der Waals surface area (Å²) in [7, 11) is 1.98. The van der Waals surface area contributed by atoms with Crippen LogP contribution in [0.5, 0.6) is 0 Å². The first-order valence-electron chi connectivity index (χ1n) is 7.34. The van der Waals surface area contributed by atoms with Gasteiger partial charge in [0, 0.05) is 24.5 Å². The minimum absolute atomic E-state index is 0.576. The maximum absolute atomic E-state index is 4.84. The molecule has 1 aromatic carbocycles. The predicted octanol–water partition coefficient (Wildman–Crippen LogP) is 2.57. The fourth-order valence-electron chi connectivity index (χ4n) is 3.13. The molecular formula is C17H17N5. The zero-order chi connectivity index (χ0) is 15.3. The van der Waals surface area contributed by atoms with Crippen LogP contribution in [0.4, 0.5) is 0 Å². The summed E-state index contributed by atoms with van der Waals surface area (Å²) in [5.41, 5.74) is 5.28. The Hall–Kier alpha value is -2.69. The largest absolute Gasteiger partial charge is 0.283 e. The average molecular weight is 291 g/mol. The van der Waals surface area contributed by atoms with Crippen LogP contribution in [0.25, 0.3) is 5.82 Å². The molecule has 0 bridgehead atoms. The van der Waals surface area contributed by atoms with E-state index in [4.69, 9.17) is 4.99 Å². The third-order valence-corrected chi connectivity index (χ3v) is 4.08. The number of rotatable bonds is 1. The molecule has 0 radical (unpaired) electrons. The van der Waals surface area contributed by atoms with Crippen LogP contribution in [0.3, 0.4) is 0 Å². The van der Waals surface area contributed by atoms with Crippen molar-refractivity contribution in [1.82, 2.24) is 19.3 Å². The van der Waals surface area contributed by atoms with Gasteiger partial charge < -0.3 is 0 Å². The van der Waals surface area contributed by atoms with E-state index in [1.54, 1.807) is 0 Å². The van der Waals surface area contributed by atoms with Gasteiger partial charge in [0.1, 0.15) is 11.6 Å². The molecule has 1 aliphatic rings. The normalized spacial score (nSPS) is 13.3. The molecule has 5 heteroatoms. The molecule has 4 rings (SSSR count). The summed E-state index contributed by atoms with van der Waals surface area (Å²) in [6.45, 7) is 4.68. The van der Waals surface area contributed by atoms with E-state index in [-0.39, 0.29) is 0 Å². The second-order valence-corrected chi connectivity index (χ2v) is 5.59. The van der Waals surface area contributed by atoms with Crippen molar-refractivity contribution in [1.29, 1.82) is 0 Å². The molecule has 0 unspecified atom stereocenters. The third kappa shape index (κ3) is 1.75. The van der Waals surface area contributed by atoms with Gasteiger partial charge in [-0.3, -0.25) is 14.2 Å². The molecule has 3 aromatic rings. The lowest BCUT2D eigenvalue weighted by atomic mass is 10.0. The van der Waals surface area contributed by atoms with Crippen molar-refractivity contribution in [3.05, 3.63) is 64.9 Å². The van der Waals surface area contributed by atoms with Crippen LogP contribution in [0, 0.1) is 13.8 Å². The predicted molar refractivity (Wildman–Crippen MR) is 85.6 cm³/mol. The van der Waals surface area contributed by atoms with E-state index in [2.05, 4.69) is 33.7 Å². The van der Waals surface area contributed by atoms with Crippen molar-refractivity contribution in [3.8, 4) is 5.82 Å². The van der Waals surface area contributed by atoms with Crippen LogP contribution < -0.4 is 0 Å². The van der Waals surface area contributed by atoms with Crippen molar-refractivity contribution >= 4 is 5.71 Å². The van der Waals surface area contributed by atoms with Crippen LogP contribution in [0.1, 0.15) is 28.3 Å². The van der Waals surface area contributed by atoms with Crippen molar-refractivity contribution in [2.75, 3.05) is 0 Å². The molecule has 5 nitrogen and oxygen atoms in total. The highest BCUT2D eigenvalue weighted by atomic mass is 15.3. The van der Waals surface area contributed by atoms with Crippen LogP contribution in [0.15, 0.2) is 41.5 Å². The standard InChI is InChI=1S/C17H17N5/c1-11-9-18-14-10-19-16(13-7-5-4-6-8-13)15-12(2)20-21(3)17(15)22(11)14/h4-9H,10H2,1-3H3. The van der Waals surface area contributed by atoms with E-state index in [0.717, 1.165) is 39.9 Å². The molecule has 0 N–H and O–H groups in total. The van der Waals surface area contributed by atoms with E-state index in [9.17, 15) is 0 Å². The number of aryl methyl sites for hydroxylation is 3. The number of aliphatic imine (C=N–C) groups is 1. The van der Waals surface area contributed by atoms with Gasteiger partial charge in [-0.2, -0.15) is 5.10 Å². The molecule has 22 heavy (non-hydrogen) atoms. The smallest absolute Gasteiger partial charge is 0.146 e. The fourth-order valence-corrected chi connectivity index (χ4v) is 3.13. The molecule has 1 aliphatic heterocycles. The average Bonchev–Trinajstić information content (AvgIpc) is 2.94. The monoisotopic (exact) mass is 291 g/mol. The molecule has 0 aliphatic carbocycles. The zero-order valence-electron chi connectivity index (χ0n) is 12.9. The second-order valence-electron chi connectivity index (χ2n) is 5.59. The minimum atomic E-state index is 0.576. The molecule has 3 heterocycles. The summed E-state index contributed by atoms with van der Waals surface area (Å²) in [4.78, 5) is 9.35. The number of fused-ring (bicyclic) bond motifs is 3. The lowest BCUT2D eigenvalue weighted by molar-refractivity contribution is 0.702. The number of aromatic nitrogens is 4. The Labute approximate surface area is 129 Å². The quantitative estimate of drug-likeness (QED) is 0.692. The molecule has 0 amide bonds. The lowest BCUT2D eigenvalue weighted by Gasteiger charge is -2.10. The van der Waals surface area contributed by atoms with E-state index >= 15 is 0 Å². The Kier molecular flexibility index (Phi) is 2.76. The molecule has 0 spiro atoms. The molecule has 110 valence electrons. The maximum atomic E-state index is 4.84. The Morgan fingerprint density at radius 3 is 2.64 bits per heavy atom. The van der Waals surface area contributed by atoms with Crippen molar-refractivity contribution in [2.24, 2.45) is 12.0 Å². The van der Waals surface area contributed by atoms with Gasteiger partial charge in [0.05, 0.1) is 23.5 Å². The van der Waals surface area contributed by atoms with Gasteiger partial charge in [-0.1, -0.05) is 30.3 Å². The van der Waals surface area contributed by atoms with E-state index in [1.165, 1.54) is 0 Å². The maximum Gasteiger partial charge on any atom is 0.146 e. The summed E-state index contributed by atoms with van der Waals surface area (Å²) in [6, 6.07) is 10.3. The van der Waals surface area contributed by atoms with Crippen molar-refractivity contribution in [3.63, 3.8) is 0 Å². The Bertz CT molecular complexity index is 883. The molecular weight excluding hydrogens is 274 g/mol. The van der Waals surface area contributed by atoms with Gasteiger partial charge >= 0.3 is 0 Å². The molecule has 0 fully saturated rings. The van der Waals surface area contributed by atoms with Gasteiger partial charge in [-0.25, -0.2) is 4.98 Å². The van der Waals surface area contributed by atoms with Gasteiger partial charge in [0.15, 0.2) is 0 Å². The number of benzene rings is 1. The molecule has 0 saturated carbocycles. The zero-order valence-corrected chi connectivity index (χ0v) is 12.9. The third-order valence-electron chi connectivity index (χ3n) is 4.08. The number of nitrogens with zero attached hydrogens (tertiary/aromatic N) is 5. The Balaban J connectivity index is 2.05. The number of hydrogen-bond donors (Lipinski definition) is 0. The van der Waals surface area contributed by atoms with E-state index in [0.29, 0.717) is 6.54 Å². The topological polar surface area (TPSA) is 48.0 Å². The van der Waals surface area contributed by atoms with Gasteiger partial charge in [0.2, 0.25) is 0 Å². The van der Waals surface area contributed by atoms with Gasteiger partial charge in [-0.15, -0.1) is 0 Å². The Morgan fingerprint density at radius 1 is 1.09 bits per heavy atom. The highest BCUT2D eigenvalue weighted by Crippen LogP contribution is 2.28. The first-order chi connectivity index (χ1) is 10.7.